The smallest absolute Gasteiger partial charge is 0.462 e. The van der Waals surface area contributed by atoms with Crippen molar-refractivity contribution in [2.24, 2.45) is 11.8 Å². The Balaban J connectivity index is 5.10. The molecule has 486 valence electrons. The Bertz CT molecular complexity index is 1620. The van der Waals surface area contributed by atoms with Crippen molar-refractivity contribution in [2.75, 3.05) is 39.6 Å². The Labute approximate surface area is 498 Å². The molecule has 0 heterocycles. The largest absolute Gasteiger partial charge is 0.472 e. The Morgan fingerprint density at radius 2 is 0.622 bits per heavy atom. The van der Waals surface area contributed by atoms with Gasteiger partial charge in [-0.1, -0.05) is 260 Å². The summed E-state index contributed by atoms with van der Waals surface area (Å²) in [4.78, 5) is 71.6. The SMILES string of the molecule is CCCCCCCC(=O)OC[C@H](COP(=O)(O)OC[C@H](O)COP(=O)(O)OC[C@@H](COC(=O)CCCCCCCCCCCCC(C)CC)OC(=O)CCCCCCCCCCCCCCCCCC(C)C)OC(=O)CCCCCCC. The summed E-state index contributed by atoms with van der Waals surface area (Å²) in [5, 5.41) is 10.5. The van der Waals surface area contributed by atoms with E-state index < -0.39 is 97.5 Å². The van der Waals surface area contributed by atoms with Crippen LogP contribution in [0.4, 0.5) is 0 Å². The van der Waals surface area contributed by atoms with Crippen LogP contribution < -0.4 is 0 Å². The van der Waals surface area contributed by atoms with E-state index in [-0.39, 0.29) is 25.7 Å². The lowest BCUT2D eigenvalue weighted by molar-refractivity contribution is -0.161. The molecule has 6 atom stereocenters. The molecular weight excluding hydrogens is 1090 g/mol. The zero-order valence-corrected chi connectivity index (χ0v) is 54.6. The number of hydrogen-bond donors (Lipinski definition) is 3. The van der Waals surface area contributed by atoms with Crippen LogP contribution in [0, 0.1) is 11.8 Å². The monoisotopic (exact) mass is 1210 g/mol. The number of esters is 4. The number of aliphatic hydroxyl groups excluding tert-OH is 1. The van der Waals surface area contributed by atoms with Crippen molar-refractivity contribution in [1.29, 1.82) is 0 Å². The Morgan fingerprint density at radius 3 is 0.927 bits per heavy atom. The lowest BCUT2D eigenvalue weighted by Gasteiger charge is -2.21. The minimum absolute atomic E-state index is 0.0986. The van der Waals surface area contributed by atoms with Gasteiger partial charge in [-0.15, -0.1) is 0 Å². The van der Waals surface area contributed by atoms with Gasteiger partial charge in [0.25, 0.3) is 0 Å². The van der Waals surface area contributed by atoms with Gasteiger partial charge in [-0.05, 0) is 37.5 Å². The number of hydrogen-bond acceptors (Lipinski definition) is 15. The van der Waals surface area contributed by atoms with Crippen molar-refractivity contribution < 1.29 is 80.2 Å². The second-order valence-corrected chi connectivity index (χ2v) is 26.4. The summed E-state index contributed by atoms with van der Waals surface area (Å²) in [6.07, 6.45) is 38.3. The average molecular weight is 1210 g/mol. The number of carbonyl (C=O) groups is 4. The van der Waals surface area contributed by atoms with Crippen LogP contribution in [0.1, 0.15) is 311 Å². The molecule has 19 heteroatoms. The lowest BCUT2D eigenvalue weighted by atomic mass is 9.99. The van der Waals surface area contributed by atoms with Crippen LogP contribution >= 0.6 is 15.6 Å². The molecule has 0 aromatic heterocycles. The van der Waals surface area contributed by atoms with E-state index in [2.05, 4.69) is 41.5 Å². The van der Waals surface area contributed by atoms with Crippen molar-refractivity contribution in [1.82, 2.24) is 0 Å². The summed E-state index contributed by atoms with van der Waals surface area (Å²) in [5.74, 6) is -0.545. The fourth-order valence-electron chi connectivity index (χ4n) is 9.32. The quantitative estimate of drug-likeness (QED) is 0.0222. The van der Waals surface area contributed by atoms with Gasteiger partial charge >= 0.3 is 39.5 Å². The van der Waals surface area contributed by atoms with Crippen molar-refractivity contribution in [2.45, 2.75) is 330 Å². The first-order valence-corrected chi connectivity index (χ1v) is 36.0. The number of unbranched alkanes of at least 4 members (excludes halogenated alkanes) is 31. The lowest BCUT2D eigenvalue weighted by Crippen LogP contribution is -2.30. The van der Waals surface area contributed by atoms with Gasteiger partial charge < -0.3 is 33.8 Å². The van der Waals surface area contributed by atoms with Crippen molar-refractivity contribution >= 4 is 39.5 Å². The first-order valence-electron chi connectivity index (χ1n) is 33.0. The molecule has 0 rings (SSSR count). The third-order valence-corrected chi connectivity index (χ3v) is 16.7. The zero-order valence-electron chi connectivity index (χ0n) is 52.8. The van der Waals surface area contributed by atoms with Crippen LogP contribution in [0.25, 0.3) is 0 Å². The van der Waals surface area contributed by atoms with Gasteiger partial charge in [0.1, 0.15) is 19.3 Å². The van der Waals surface area contributed by atoms with Crippen LogP contribution in [0.15, 0.2) is 0 Å². The maximum absolute atomic E-state index is 13.0. The van der Waals surface area contributed by atoms with E-state index in [0.717, 1.165) is 108 Å². The van der Waals surface area contributed by atoms with E-state index in [0.29, 0.717) is 25.7 Å². The third-order valence-electron chi connectivity index (χ3n) is 14.8. The number of carbonyl (C=O) groups excluding carboxylic acids is 4. The molecule has 0 radical (unpaired) electrons. The first kappa shape index (κ1) is 80.1. The second-order valence-electron chi connectivity index (χ2n) is 23.5. The van der Waals surface area contributed by atoms with Crippen molar-refractivity contribution in [3.63, 3.8) is 0 Å². The van der Waals surface area contributed by atoms with E-state index in [9.17, 15) is 43.2 Å². The number of aliphatic hydroxyl groups is 1. The standard InChI is InChI=1S/C63H122O17P2/c1-7-10-12-31-39-45-60(65)73-51-58(79-62(67)47-41-32-13-11-8-2)53-77-81(69,70)75-49-57(64)50-76-82(71,72)78-54-59(52-74-61(66)46-40-35-29-25-22-21-24-28-34-38-44-56(6)9-3)80-63(68)48-42-36-30-26-20-18-16-14-15-17-19-23-27-33-37-43-55(4)5/h55-59,64H,7-54H2,1-6H3,(H,69,70)(H,71,72)/t56?,57-,58+,59+/m0/s1. The summed E-state index contributed by atoms with van der Waals surface area (Å²) in [7, 11) is -9.87. The van der Waals surface area contributed by atoms with Crippen molar-refractivity contribution in [3.05, 3.63) is 0 Å². The Morgan fingerprint density at radius 1 is 0.354 bits per heavy atom. The fraction of sp³-hybridized carbons (Fsp3) is 0.937. The van der Waals surface area contributed by atoms with E-state index in [1.807, 2.05) is 0 Å². The van der Waals surface area contributed by atoms with E-state index in [1.165, 1.54) is 122 Å². The second kappa shape index (κ2) is 55.6. The molecule has 0 aromatic carbocycles. The van der Waals surface area contributed by atoms with Gasteiger partial charge in [0.2, 0.25) is 0 Å². The minimum Gasteiger partial charge on any atom is -0.462 e. The van der Waals surface area contributed by atoms with Gasteiger partial charge in [-0.2, -0.15) is 0 Å². The highest BCUT2D eigenvalue weighted by Crippen LogP contribution is 2.45. The molecule has 0 amide bonds. The van der Waals surface area contributed by atoms with E-state index >= 15 is 0 Å². The van der Waals surface area contributed by atoms with Gasteiger partial charge in [-0.3, -0.25) is 37.3 Å². The molecule has 0 aromatic rings. The molecule has 3 N–H and O–H groups in total. The molecule has 82 heavy (non-hydrogen) atoms. The number of rotatable bonds is 62. The summed E-state index contributed by atoms with van der Waals surface area (Å²) in [6, 6.07) is 0. The molecule has 0 saturated heterocycles. The highest BCUT2D eigenvalue weighted by Gasteiger charge is 2.30. The summed E-state index contributed by atoms with van der Waals surface area (Å²) in [5.41, 5.74) is 0. The maximum atomic E-state index is 13.0. The zero-order chi connectivity index (χ0) is 60.8. The number of ether oxygens (including phenoxy) is 4. The van der Waals surface area contributed by atoms with Gasteiger partial charge in [0.15, 0.2) is 12.2 Å². The maximum Gasteiger partial charge on any atom is 0.472 e. The van der Waals surface area contributed by atoms with E-state index in [1.54, 1.807) is 0 Å². The minimum atomic E-state index is -4.94. The Kier molecular flexibility index (Phi) is 54.3. The van der Waals surface area contributed by atoms with Gasteiger partial charge in [0.05, 0.1) is 26.4 Å². The van der Waals surface area contributed by atoms with Crippen molar-refractivity contribution in [3.8, 4) is 0 Å². The molecular formula is C63H122O17P2. The van der Waals surface area contributed by atoms with E-state index in [4.69, 9.17) is 37.0 Å². The molecule has 0 bridgehead atoms. The highest BCUT2D eigenvalue weighted by molar-refractivity contribution is 7.47. The molecule has 0 aliphatic carbocycles. The number of phosphoric acid groups is 2. The predicted octanol–water partition coefficient (Wildman–Crippen LogP) is 17.3. The molecule has 3 unspecified atom stereocenters. The summed E-state index contributed by atoms with van der Waals surface area (Å²) >= 11 is 0. The van der Waals surface area contributed by atoms with Gasteiger partial charge in [0, 0.05) is 25.7 Å². The molecule has 0 aliphatic heterocycles. The average Bonchev–Trinajstić information content (AvgIpc) is 3.44. The highest BCUT2D eigenvalue weighted by atomic mass is 31.2. The summed E-state index contributed by atoms with van der Waals surface area (Å²) < 4.78 is 67.5. The molecule has 0 saturated carbocycles. The topological polar surface area (TPSA) is 237 Å². The molecule has 0 spiro atoms. The predicted molar refractivity (Wildman–Crippen MR) is 326 cm³/mol. The third kappa shape index (κ3) is 55.9. The molecule has 17 nitrogen and oxygen atoms in total. The van der Waals surface area contributed by atoms with Gasteiger partial charge in [-0.25, -0.2) is 9.13 Å². The van der Waals surface area contributed by atoms with Crippen LogP contribution in [-0.2, 0) is 65.4 Å². The normalized spacial score (nSPS) is 14.7. The van der Waals surface area contributed by atoms with Crippen LogP contribution in [0.5, 0.6) is 0 Å². The van der Waals surface area contributed by atoms with Crippen LogP contribution in [0.3, 0.4) is 0 Å². The first-order chi connectivity index (χ1) is 39.4. The molecule has 0 aliphatic rings. The Hall–Kier alpha value is -1.94. The van der Waals surface area contributed by atoms with Crippen LogP contribution in [0.2, 0.25) is 0 Å². The van der Waals surface area contributed by atoms with Crippen LogP contribution in [-0.4, -0.2) is 96.7 Å². The fourth-order valence-corrected chi connectivity index (χ4v) is 10.9. The number of phosphoric ester groups is 2. The molecule has 0 fully saturated rings. The summed E-state index contributed by atoms with van der Waals surface area (Å²) in [6.45, 7) is 9.36.